The van der Waals surface area contributed by atoms with E-state index < -0.39 is 17.8 Å². The molecule has 0 saturated heterocycles. The second-order valence-electron chi connectivity index (χ2n) is 4.46. The van der Waals surface area contributed by atoms with Gasteiger partial charge in [-0.2, -0.15) is 0 Å². The quantitative estimate of drug-likeness (QED) is 0.816. The maximum Gasteiger partial charge on any atom is 0.324 e. The number of halogens is 1. The number of ether oxygens (including phenoxy) is 1. The molecule has 1 rings (SSSR count). The van der Waals surface area contributed by atoms with E-state index in [1.165, 1.54) is 6.07 Å². The van der Waals surface area contributed by atoms with Crippen molar-refractivity contribution in [3.63, 3.8) is 0 Å². The first kappa shape index (κ1) is 14.4. The minimum absolute atomic E-state index is 0.0112. The first-order valence-electron chi connectivity index (χ1n) is 5.78. The van der Waals surface area contributed by atoms with Gasteiger partial charge in [0.15, 0.2) is 11.6 Å². The van der Waals surface area contributed by atoms with Crippen molar-refractivity contribution in [3.8, 4) is 5.75 Å². The predicted octanol–water partition coefficient (Wildman–Crippen LogP) is 1.96. The summed E-state index contributed by atoms with van der Waals surface area (Å²) >= 11 is 0. The summed E-state index contributed by atoms with van der Waals surface area (Å²) in [6.45, 7) is 5.37. The van der Waals surface area contributed by atoms with Gasteiger partial charge in [-0.1, -0.05) is 19.9 Å². The highest BCUT2D eigenvalue weighted by Crippen LogP contribution is 2.18. The van der Waals surface area contributed by atoms with Gasteiger partial charge in [0.1, 0.15) is 12.6 Å². The molecule has 0 fully saturated rings. The van der Waals surface area contributed by atoms with Crippen molar-refractivity contribution in [2.75, 3.05) is 6.61 Å². The molecule has 1 aromatic carbocycles. The van der Waals surface area contributed by atoms with Crippen LogP contribution in [0.2, 0.25) is 0 Å². The van der Waals surface area contributed by atoms with E-state index in [-0.39, 0.29) is 18.4 Å². The Bertz CT molecular complexity index is 421. The molecule has 1 unspecified atom stereocenters. The lowest BCUT2D eigenvalue weighted by Crippen LogP contribution is -2.44. The second-order valence-corrected chi connectivity index (χ2v) is 4.46. The Hall–Kier alpha value is -1.62. The molecule has 0 amide bonds. The number of aryl methyl sites for hydroxylation is 1. The number of carbonyl (C=O) groups is 1. The van der Waals surface area contributed by atoms with Crippen molar-refractivity contribution in [2.45, 2.75) is 32.9 Å². The van der Waals surface area contributed by atoms with Crippen molar-refractivity contribution in [1.29, 1.82) is 0 Å². The molecule has 100 valence electrons. The van der Waals surface area contributed by atoms with Crippen LogP contribution in [0, 0.1) is 12.7 Å². The van der Waals surface area contributed by atoms with Gasteiger partial charge in [-0.3, -0.25) is 10.1 Å². The molecule has 0 spiro atoms. The van der Waals surface area contributed by atoms with Crippen molar-refractivity contribution in [2.24, 2.45) is 0 Å². The number of aliphatic carboxylic acids is 1. The molecule has 1 aromatic rings. The minimum atomic E-state index is -1.02. The number of rotatable bonds is 6. The fraction of sp³-hybridized carbons (Fsp3) is 0.462. The molecule has 0 aromatic heterocycles. The summed E-state index contributed by atoms with van der Waals surface area (Å²) in [5.41, 5.74) is 0.857. The third-order valence-corrected chi connectivity index (χ3v) is 2.32. The van der Waals surface area contributed by atoms with Crippen LogP contribution in [-0.4, -0.2) is 29.8 Å². The Labute approximate surface area is 106 Å². The number of benzene rings is 1. The maximum absolute atomic E-state index is 13.4. The van der Waals surface area contributed by atoms with Gasteiger partial charge in [-0.05, 0) is 24.6 Å². The van der Waals surface area contributed by atoms with Gasteiger partial charge in [0.25, 0.3) is 0 Å². The highest BCUT2D eigenvalue weighted by Gasteiger charge is 2.19. The maximum atomic E-state index is 13.4. The largest absolute Gasteiger partial charge is 0.488 e. The molecule has 0 heterocycles. The van der Waals surface area contributed by atoms with Crippen LogP contribution in [0.25, 0.3) is 0 Å². The normalized spacial score (nSPS) is 12.5. The van der Waals surface area contributed by atoms with E-state index in [1.54, 1.807) is 12.1 Å². The molecule has 1 atom stereocenters. The second kappa shape index (κ2) is 6.35. The van der Waals surface area contributed by atoms with Crippen LogP contribution in [0.1, 0.15) is 19.4 Å². The van der Waals surface area contributed by atoms with Gasteiger partial charge in [-0.25, -0.2) is 4.39 Å². The molecular formula is C13H18FNO3. The Morgan fingerprint density at radius 1 is 1.50 bits per heavy atom. The first-order valence-corrected chi connectivity index (χ1v) is 5.78. The van der Waals surface area contributed by atoms with Crippen LogP contribution in [0.5, 0.6) is 5.75 Å². The number of hydrogen-bond acceptors (Lipinski definition) is 3. The third kappa shape index (κ3) is 4.33. The molecule has 0 saturated carbocycles. The van der Waals surface area contributed by atoms with E-state index in [4.69, 9.17) is 9.84 Å². The zero-order valence-corrected chi connectivity index (χ0v) is 10.7. The standard InChI is InChI=1S/C13H18FNO3/c1-8(2)15-11(13(16)17)7-18-12-6-9(3)4-5-10(12)14/h4-6,8,11,15H,7H2,1-3H3,(H,16,17). The lowest BCUT2D eigenvalue weighted by Gasteiger charge is -2.18. The molecule has 5 heteroatoms. The zero-order chi connectivity index (χ0) is 13.7. The van der Waals surface area contributed by atoms with E-state index >= 15 is 0 Å². The van der Waals surface area contributed by atoms with Crippen molar-refractivity contribution in [3.05, 3.63) is 29.6 Å². The average molecular weight is 255 g/mol. The number of nitrogens with one attached hydrogen (secondary N) is 1. The Kier molecular flexibility index (Phi) is 5.09. The van der Waals surface area contributed by atoms with Crippen LogP contribution in [-0.2, 0) is 4.79 Å². The van der Waals surface area contributed by atoms with Crippen LogP contribution in [0.4, 0.5) is 4.39 Å². The van der Waals surface area contributed by atoms with E-state index in [1.807, 2.05) is 20.8 Å². The lowest BCUT2D eigenvalue weighted by atomic mass is 10.2. The molecule has 0 aliphatic rings. The Morgan fingerprint density at radius 2 is 2.17 bits per heavy atom. The van der Waals surface area contributed by atoms with Gasteiger partial charge in [-0.15, -0.1) is 0 Å². The summed E-state index contributed by atoms with van der Waals surface area (Å²) in [4.78, 5) is 11.0. The molecule has 2 N–H and O–H groups in total. The van der Waals surface area contributed by atoms with Gasteiger partial charge in [0.05, 0.1) is 0 Å². The van der Waals surface area contributed by atoms with Crippen LogP contribution >= 0.6 is 0 Å². The van der Waals surface area contributed by atoms with Gasteiger partial charge in [0.2, 0.25) is 0 Å². The van der Waals surface area contributed by atoms with Crippen LogP contribution < -0.4 is 10.1 Å². The predicted molar refractivity (Wildman–Crippen MR) is 66.3 cm³/mol. The van der Waals surface area contributed by atoms with Gasteiger partial charge >= 0.3 is 5.97 Å². The first-order chi connectivity index (χ1) is 8.40. The SMILES string of the molecule is Cc1ccc(F)c(OCC(NC(C)C)C(=O)O)c1. The molecule has 0 aliphatic carbocycles. The smallest absolute Gasteiger partial charge is 0.324 e. The summed E-state index contributed by atoms with van der Waals surface area (Å²) in [5.74, 6) is -1.43. The monoisotopic (exact) mass is 255 g/mol. The zero-order valence-electron chi connectivity index (χ0n) is 10.7. The van der Waals surface area contributed by atoms with E-state index in [2.05, 4.69) is 5.32 Å². The summed E-state index contributed by atoms with van der Waals surface area (Å²) in [6.07, 6.45) is 0. The third-order valence-electron chi connectivity index (χ3n) is 2.32. The highest BCUT2D eigenvalue weighted by atomic mass is 19.1. The van der Waals surface area contributed by atoms with E-state index in [0.29, 0.717) is 0 Å². The number of carboxylic acid groups (broad SMARTS) is 1. The Morgan fingerprint density at radius 3 is 2.72 bits per heavy atom. The average Bonchev–Trinajstić information content (AvgIpc) is 2.27. The van der Waals surface area contributed by atoms with Gasteiger partial charge < -0.3 is 9.84 Å². The minimum Gasteiger partial charge on any atom is -0.488 e. The summed E-state index contributed by atoms with van der Waals surface area (Å²) in [7, 11) is 0. The lowest BCUT2D eigenvalue weighted by molar-refractivity contribution is -0.140. The molecular weight excluding hydrogens is 237 g/mol. The molecule has 0 radical (unpaired) electrons. The van der Waals surface area contributed by atoms with Crippen molar-refractivity contribution < 1.29 is 19.0 Å². The fourth-order valence-electron chi connectivity index (χ4n) is 1.49. The number of hydrogen-bond donors (Lipinski definition) is 2. The Balaban J connectivity index is 2.66. The van der Waals surface area contributed by atoms with E-state index in [9.17, 15) is 9.18 Å². The van der Waals surface area contributed by atoms with E-state index in [0.717, 1.165) is 5.56 Å². The fourth-order valence-corrected chi connectivity index (χ4v) is 1.49. The summed E-state index contributed by atoms with van der Waals surface area (Å²) in [5, 5.41) is 11.8. The van der Waals surface area contributed by atoms with Crippen LogP contribution in [0.15, 0.2) is 18.2 Å². The highest BCUT2D eigenvalue weighted by molar-refractivity contribution is 5.73. The molecule has 18 heavy (non-hydrogen) atoms. The van der Waals surface area contributed by atoms with Crippen molar-refractivity contribution >= 4 is 5.97 Å². The topological polar surface area (TPSA) is 58.6 Å². The molecule has 4 nitrogen and oxygen atoms in total. The molecule has 0 bridgehead atoms. The van der Waals surface area contributed by atoms with Crippen LogP contribution in [0.3, 0.4) is 0 Å². The number of carboxylic acids is 1. The summed E-state index contributed by atoms with van der Waals surface area (Å²) in [6, 6.07) is 3.63. The summed E-state index contributed by atoms with van der Waals surface area (Å²) < 4.78 is 18.6. The molecule has 0 aliphatic heterocycles. The van der Waals surface area contributed by atoms with Gasteiger partial charge in [0, 0.05) is 6.04 Å². The van der Waals surface area contributed by atoms with Crippen molar-refractivity contribution in [1.82, 2.24) is 5.32 Å².